The summed E-state index contributed by atoms with van der Waals surface area (Å²) >= 11 is 0. The maximum atomic E-state index is 13.2. The lowest BCUT2D eigenvalue weighted by Crippen LogP contribution is -2.15. The zero-order valence-electron chi connectivity index (χ0n) is 8.76. The molecule has 1 aromatic rings. The van der Waals surface area contributed by atoms with Crippen LogP contribution in [0.3, 0.4) is 0 Å². The van der Waals surface area contributed by atoms with E-state index in [1.165, 1.54) is 6.07 Å². The molecule has 0 aliphatic rings. The Labute approximate surface area is 88.8 Å². The van der Waals surface area contributed by atoms with Crippen LogP contribution in [-0.4, -0.2) is 6.04 Å². The molecule has 0 saturated heterocycles. The van der Waals surface area contributed by atoms with Gasteiger partial charge < -0.3 is 5.32 Å². The molecular weight excluding hydrogens is 196 g/mol. The summed E-state index contributed by atoms with van der Waals surface area (Å²) in [6, 6.07) is 3.49. The van der Waals surface area contributed by atoms with Gasteiger partial charge in [-0.3, -0.25) is 0 Å². The zero-order chi connectivity index (χ0) is 11.3. The van der Waals surface area contributed by atoms with E-state index in [1.807, 2.05) is 6.92 Å². The average molecular weight is 211 g/mol. The second-order valence-corrected chi connectivity index (χ2v) is 3.54. The molecule has 0 fully saturated rings. The molecule has 0 amide bonds. The third-order valence-corrected chi connectivity index (χ3v) is 2.13. The summed E-state index contributed by atoms with van der Waals surface area (Å²) < 4.78 is 26.0. The van der Waals surface area contributed by atoms with Crippen LogP contribution in [0.1, 0.15) is 19.8 Å². The Balaban J connectivity index is 2.62. The molecular formula is C12H15F2N. The van der Waals surface area contributed by atoms with Gasteiger partial charge in [-0.25, -0.2) is 8.78 Å². The maximum Gasteiger partial charge on any atom is 0.146 e. The fourth-order valence-electron chi connectivity index (χ4n) is 1.31. The number of nitrogens with one attached hydrogen (secondary N) is 1. The lowest BCUT2D eigenvalue weighted by molar-refractivity contribution is 0.598. The first-order chi connectivity index (χ1) is 7.13. The van der Waals surface area contributed by atoms with Gasteiger partial charge in [0.15, 0.2) is 0 Å². The van der Waals surface area contributed by atoms with Crippen molar-refractivity contribution < 1.29 is 8.78 Å². The van der Waals surface area contributed by atoms with Gasteiger partial charge in [0.2, 0.25) is 0 Å². The van der Waals surface area contributed by atoms with Gasteiger partial charge in [-0.1, -0.05) is 6.08 Å². The standard InChI is InChI=1S/C12H15F2N/c1-3-4-5-9(2)15-12-8-10(13)6-7-11(12)14/h3,6-9,15H,1,4-5H2,2H3/t9-/m0/s1. The smallest absolute Gasteiger partial charge is 0.146 e. The fourth-order valence-corrected chi connectivity index (χ4v) is 1.31. The van der Waals surface area contributed by atoms with Crippen molar-refractivity contribution in [3.63, 3.8) is 0 Å². The van der Waals surface area contributed by atoms with E-state index in [0.29, 0.717) is 0 Å². The second-order valence-electron chi connectivity index (χ2n) is 3.54. The van der Waals surface area contributed by atoms with Crippen molar-refractivity contribution in [1.29, 1.82) is 0 Å². The SMILES string of the molecule is C=CCC[C@H](C)Nc1cc(F)ccc1F. The fraction of sp³-hybridized carbons (Fsp3) is 0.333. The normalized spacial score (nSPS) is 12.2. The summed E-state index contributed by atoms with van der Waals surface area (Å²) in [7, 11) is 0. The summed E-state index contributed by atoms with van der Waals surface area (Å²) in [5.41, 5.74) is 0.214. The molecule has 0 spiro atoms. The van der Waals surface area contributed by atoms with Crippen molar-refractivity contribution in [1.82, 2.24) is 0 Å². The average Bonchev–Trinajstić information content (AvgIpc) is 2.20. The van der Waals surface area contributed by atoms with Crippen LogP contribution in [0.2, 0.25) is 0 Å². The van der Waals surface area contributed by atoms with Gasteiger partial charge in [-0.15, -0.1) is 6.58 Å². The maximum absolute atomic E-state index is 13.2. The lowest BCUT2D eigenvalue weighted by Gasteiger charge is -2.14. The molecule has 0 unspecified atom stereocenters. The molecule has 0 aliphatic heterocycles. The zero-order valence-corrected chi connectivity index (χ0v) is 8.76. The Morgan fingerprint density at radius 1 is 1.47 bits per heavy atom. The van der Waals surface area contributed by atoms with Gasteiger partial charge in [-0.2, -0.15) is 0 Å². The minimum atomic E-state index is -0.435. The summed E-state index contributed by atoms with van der Waals surface area (Å²) in [6.07, 6.45) is 3.50. The van der Waals surface area contributed by atoms with Crippen molar-refractivity contribution in [2.45, 2.75) is 25.8 Å². The minimum absolute atomic E-state index is 0.0966. The Hall–Kier alpha value is -1.38. The van der Waals surface area contributed by atoms with E-state index in [1.54, 1.807) is 6.08 Å². The Morgan fingerprint density at radius 2 is 2.20 bits per heavy atom. The number of allylic oxidation sites excluding steroid dienone is 1. The van der Waals surface area contributed by atoms with Crippen LogP contribution < -0.4 is 5.32 Å². The van der Waals surface area contributed by atoms with E-state index < -0.39 is 11.6 Å². The third-order valence-electron chi connectivity index (χ3n) is 2.13. The quantitative estimate of drug-likeness (QED) is 0.732. The first-order valence-electron chi connectivity index (χ1n) is 4.96. The lowest BCUT2D eigenvalue weighted by atomic mass is 10.1. The highest BCUT2D eigenvalue weighted by atomic mass is 19.1. The molecule has 82 valence electrons. The number of halogens is 2. The van der Waals surface area contributed by atoms with Gasteiger partial charge in [0, 0.05) is 6.04 Å². The van der Waals surface area contributed by atoms with Crippen LogP contribution in [0.15, 0.2) is 30.9 Å². The molecule has 0 aromatic heterocycles. The van der Waals surface area contributed by atoms with E-state index in [-0.39, 0.29) is 11.7 Å². The van der Waals surface area contributed by atoms with Crippen molar-refractivity contribution in [2.24, 2.45) is 0 Å². The molecule has 0 radical (unpaired) electrons. The number of anilines is 1. The van der Waals surface area contributed by atoms with Crippen LogP contribution >= 0.6 is 0 Å². The van der Waals surface area contributed by atoms with E-state index in [0.717, 1.165) is 25.0 Å². The van der Waals surface area contributed by atoms with E-state index in [4.69, 9.17) is 0 Å². The Kier molecular flexibility index (Phi) is 4.28. The molecule has 1 nitrogen and oxygen atoms in total. The molecule has 0 bridgehead atoms. The highest BCUT2D eigenvalue weighted by Crippen LogP contribution is 2.17. The Morgan fingerprint density at radius 3 is 2.87 bits per heavy atom. The van der Waals surface area contributed by atoms with Crippen LogP contribution in [0.4, 0.5) is 14.5 Å². The number of rotatable bonds is 5. The van der Waals surface area contributed by atoms with Gasteiger partial charge in [-0.05, 0) is 38.0 Å². The molecule has 1 rings (SSSR count). The highest BCUT2D eigenvalue weighted by molar-refractivity contribution is 5.45. The van der Waals surface area contributed by atoms with E-state index >= 15 is 0 Å². The summed E-state index contributed by atoms with van der Waals surface area (Å²) in [5, 5.41) is 2.92. The number of benzene rings is 1. The largest absolute Gasteiger partial charge is 0.380 e. The van der Waals surface area contributed by atoms with Crippen LogP contribution in [0.5, 0.6) is 0 Å². The minimum Gasteiger partial charge on any atom is -0.380 e. The van der Waals surface area contributed by atoms with Gasteiger partial charge in [0.25, 0.3) is 0 Å². The first-order valence-corrected chi connectivity index (χ1v) is 4.96. The van der Waals surface area contributed by atoms with E-state index in [2.05, 4.69) is 11.9 Å². The Bertz CT molecular complexity index is 336. The van der Waals surface area contributed by atoms with Gasteiger partial charge >= 0.3 is 0 Å². The first kappa shape index (κ1) is 11.7. The monoisotopic (exact) mass is 211 g/mol. The van der Waals surface area contributed by atoms with Crippen LogP contribution in [0.25, 0.3) is 0 Å². The molecule has 0 heterocycles. The second kappa shape index (κ2) is 5.49. The highest BCUT2D eigenvalue weighted by Gasteiger charge is 2.06. The number of hydrogen-bond acceptors (Lipinski definition) is 1. The molecule has 1 N–H and O–H groups in total. The summed E-state index contributed by atoms with van der Waals surface area (Å²) in [4.78, 5) is 0. The molecule has 1 aromatic carbocycles. The molecule has 1 atom stereocenters. The van der Waals surface area contributed by atoms with E-state index in [9.17, 15) is 8.78 Å². The van der Waals surface area contributed by atoms with Crippen LogP contribution in [0, 0.1) is 11.6 Å². The topological polar surface area (TPSA) is 12.0 Å². The molecule has 15 heavy (non-hydrogen) atoms. The molecule has 0 aliphatic carbocycles. The summed E-state index contributed by atoms with van der Waals surface area (Å²) in [5.74, 6) is -0.864. The van der Waals surface area contributed by atoms with Crippen LogP contribution in [-0.2, 0) is 0 Å². The molecule has 0 saturated carbocycles. The predicted octanol–water partition coefficient (Wildman–Crippen LogP) is 3.73. The third kappa shape index (κ3) is 3.70. The van der Waals surface area contributed by atoms with Crippen molar-refractivity contribution in [3.05, 3.63) is 42.5 Å². The van der Waals surface area contributed by atoms with Gasteiger partial charge in [0.05, 0.1) is 5.69 Å². The van der Waals surface area contributed by atoms with Crippen molar-refractivity contribution in [2.75, 3.05) is 5.32 Å². The van der Waals surface area contributed by atoms with Gasteiger partial charge in [0.1, 0.15) is 11.6 Å². The van der Waals surface area contributed by atoms with Crippen molar-refractivity contribution >= 4 is 5.69 Å². The molecule has 3 heteroatoms. The predicted molar refractivity (Wildman–Crippen MR) is 58.9 cm³/mol. The van der Waals surface area contributed by atoms with Crippen molar-refractivity contribution in [3.8, 4) is 0 Å². The summed E-state index contributed by atoms with van der Waals surface area (Å²) in [6.45, 7) is 5.53. The number of hydrogen-bond donors (Lipinski definition) is 1.